The highest BCUT2D eigenvalue weighted by Gasteiger charge is 2.71. The van der Waals surface area contributed by atoms with E-state index >= 15 is 0 Å². The first-order chi connectivity index (χ1) is 10.7. The second-order valence-electron chi connectivity index (χ2n) is 9.14. The lowest BCUT2D eigenvalue weighted by atomic mass is 9.68. The zero-order chi connectivity index (χ0) is 18.7. The summed E-state index contributed by atoms with van der Waals surface area (Å²) in [6, 6.07) is 0. The first-order valence-electron chi connectivity index (χ1n) is 8.44. The monoisotopic (exact) mass is 354 g/mol. The van der Waals surface area contributed by atoms with Crippen molar-refractivity contribution in [3.8, 4) is 0 Å². The topological polar surface area (TPSA) is 72.8 Å². The van der Waals surface area contributed by atoms with Crippen LogP contribution in [-0.4, -0.2) is 38.1 Å². The Morgan fingerprint density at radius 1 is 1.42 bits per heavy atom. The third-order valence-electron chi connectivity index (χ3n) is 6.78. The molecule has 1 saturated heterocycles. The zero-order valence-electron chi connectivity index (χ0n) is 15.9. The fraction of sp³-hybridized carbons (Fsp3) is 0.778. The van der Waals surface area contributed by atoms with Crippen LogP contribution in [0, 0.1) is 16.7 Å². The normalized spacial score (nSPS) is 36.6. The van der Waals surface area contributed by atoms with Crippen LogP contribution in [0.4, 0.5) is 0 Å². The van der Waals surface area contributed by atoms with Crippen LogP contribution >= 0.6 is 0 Å². The van der Waals surface area contributed by atoms with Gasteiger partial charge >= 0.3 is 11.9 Å². The molecule has 0 aromatic rings. The van der Waals surface area contributed by atoms with Crippen LogP contribution < -0.4 is 0 Å². The maximum atomic E-state index is 12.6. The lowest BCUT2D eigenvalue weighted by Gasteiger charge is -2.43. The number of cyclic esters (lactones) is 1. The fourth-order valence-corrected chi connectivity index (χ4v) is 5.09. The smallest absolute Gasteiger partial charge is 0.315 e. The molecule has 0 aromatic heterocycles. The molecule has 1 aliphatic heterocycles. The number of carbonyl (C=O) groups is 2. The van der Waals surface area contributed by atoms with E-state index in [4.69, 9.17) is 9.16 Å². The SMILES string of the molecule is C=C1C(CC(=O)O)C(O[Si](C)(C)C(C)(C)C)[C@]2(C)C(=O)OC[C@]12C. The van der Waals surface area contributed by atoms with E-state index in [1.165, 1.54) is 0 Å². The first-order valence-corrected chi connectivity index (χ1v) is 11.4. The summed E-state index contributed by atoms with van der Waals surface area (Å²) in [5.74, 6) is -1.58. The molecule has 1 saturated carbocycles. The maximum Gasteiger partial charge on any atom is 0.315 e. The van der Waals surface area contributed by atoms with E-state index in [9.17, 15) is 14.7 Å². The van der Waals surface area contributed by atoms with Crippen LogP contribution in [-0.2, 0) is 18.8 Å². The van der Waals surface area contributed by atoms with Crippen molar-refractivity contribution in [1.82, 2.24) is 0 Å². The minimum Gasteiger partial charge on any atom is -0.481 e. The molecule has 2 rings (SSSR count). The van der Waals surface area contributed by atoms with Gasteiger partial charge in [-0.1, -0.05) is 39.8 Å². The number of carbonyl (C=O) groups excluding carboxylic acids is 1. The van der Waals surface area contributed by atoms with Crippen molar-refractivity contribution >= 4 is 20.3 Å². The van der Waals surface area contributed by atoms with Gasteiger partial charge in [0.2, 0.25) is 0 Å². The molecular formula is C18H30O5Si. The molecule has 0 radical (unpaired) electrons. The first kappa shape index (κ1) is 19.2. The Labute approximate surface area is 145 Å². The lowest BCUT2D eigenvalue weighted by molar-refractivity contribution is -0.152. The largest absolute Gasteiger partial charge is 0.481 e. The minimum atomic E-state index is -2.20. The van der Waals surface area contributed by atoms with Gasteiger partial charge < -0.3 is 14.3 Å². The predicted octanol–water partition coefficient (Wildman–Crippen LogP) is 3.61. The molecule has 6 heteroatoms. The number of carboxylic acid groups (broad SMARTS) is 1. The Morgan fingerprint density at radius 3 is 2.42 bits per heavy atom. The molecule has 24 heavy (non-hydrogen) atoms. The van der Waals surface area contributed by atoms with Crippen molar-refractivity contribution in [2.75, 3.05) is 6.61 Å². The zero-order valence-corrected chi connectivity index (χ0v) is 16.9. The number of rotatable bonds is 4. The molecular weight excluding hydrogens is 324 g/mol. The molecule has 136 valence electrons. The Bertz CT molecular complexity index is 591. The van der Waals surface area contributed by atoms with Crippen LogP contribution in [0.5, 0.6) is 0 Å². The summed E-state index contributed by atoms with van der Waals surface area (Å²) in [6.07, 6.45) is -0.585. The maximum absolute atomic E-state index is 12.6. The number of esters is 1. The Kier molecular flexibility index (Phi) is 4.34. The summed E-state index contributed by atoms with van der Waals surface area (Å²) >= 11 is 0. The van der Waals surface area contributed by atoms with E-state index in [0.29, 0.717) is 0 Å². The molecule has 0 aromatic carbocycles. The van der Waals surface area contributed by atoms with Crippen molar-refractivity contribution in [1.29, 1.82) is 0 Å². The van der Waals surface area contributed by atoms with Gasteiger partial charge in [-0.3, -0.25) is 9.59 Å². The standard InChI is InChI=1S/C18H30O5Si/c1-11-12(9-13(19)20)14(23-24(7,8)16(2,3)4)18(6)15(21)22-10-17(11,18)5/h12,14H,1,9-10H2,2-8H3,(H,19,20)/t12?,14?,17-,18-/m1/s1. The molecule has 0 spiro atoms. The van der Waals surface area contributed by atoms with Gasteiger partial charge in [0, 0.05) is 11.3 Å². The van der Waals surface area contributed by atoms with Crippen LogP contribution in [0.15, 0.2) is 12.2 Å². The van der Waals surface area contributed by atoms with Crippen LogP contribution in [0.2, 0.25) is 18.1 Å². The van der Waals surface area contributed by atoms with E-state index in [0.717, 1.165) is 5.57 Å². The molecule has 1 aliphatic carbocycles. The molecule has 4 atom stereocenters. The quantitative estimate of drug-likeness (QED) is 0.474. The molecule has 1 N–H and O–H groups in total. The van der Waals surface area contributed by atoms with Crippen LogP contribution in [0.3, 0.4) is 0 Å². The van der Waals surface area contributed by atoms with E-state index in [1.54, 1.807) is 0 Å². The summed E-state index contributed by atoms with van der Waals surface area (Å²) in [5.41, 5.74) is -0.710. The number of hydrogen-bond acceptors (Lipinski definition) is 4. The van der Waals surface area contributed by atoms with E-state index in [2.05, 4.69) is 40.4 Å². The fourth-order valence-electron chi connectivity index (χ4n) is 3.70. The van der Waals surface area contributed by atoms with E-state index < -0.39 is 31.2 Å². The average molecular weight is 355 g/mol. The van der Waals surface area contributed by atoms with E-state index in [-0.39, 0.29) is 30.0 Å². The van der Waals surface area contributed by atoms with Gasteiger partial charge in [-0.05, 0) is 25.1 Å². The molecule has 0 bridgehead atoms. The Hall–Kier alpha value is -1.14. The van der Waals surface area contributed by atoms with Crippen molar-refractivity contribution < 1.29 is 23.9 Å². The van der Waals surface area contributed by atoms with Crippen molar-refractivity contribution in [3.63, 3.8) is 0 Å². The third kappa shape index (κ3) is 2.46. The van der Waals surface area contributed by atoms with Gasteiger partial charge in [0.25, 0.3) is 0 Å². The number of carboxylic acids is 1. The molecule has 0 amide bonds. The minimum absolute atomic E-state index is 0.0417. The molecule has 5 nitrogen and oxygen atoms in total. The molecule has 2 unspecified atom stereocenters. The van der Waals surface area contributed by atoms with Crippen molar-refractivity contribution in [2.45, 2.75) is 65.3 Å². The Morgan fingerprint density at radius 2 is 1.96 bits per heavy atom. The van der Waals surface area contributed by atoms with Gasteiger partial charge in [0.1, 0.15) is 12.0 Å². The van der Waals surface area contributed by atoms with Gasteiger partial charge in [-0.15, -0.1) is 0 Å². The molecule has 2 fully saturated rings. The van der Waals surface area contributed by atoms with Crippen LogP contribution in [0.1, 0.15) is 41.0 Å². The van der Waals surface area contributed by atoms with Gasteiger partial charge in [0.15, 0.2) is 8.32 Å². The predicted molar refractivity (Wildman–Crippen MR) is 94.1 cm³/mol. The highest BCUT2D eigenvalue weighted by Crippen LogP contribution is 2.64. The van der Waals surface area contributed by atoms with Gasteiger partial charge in [-0.25, -0.2) is 0 Å². The number of hydrogen-bond donors (Lipinski definition) is 1. The van der Waals surface area contributed by atoms with Crippen LogP contribution in [0.25, 0.3) is 0 Å². The second kappa shape index (κ2) is 5.43. The summed E-state index contributed by atoms with van der Waals surface area (Å²) in [7, 11) is -2.20. The lowest BCUT2D eigenvalue weighted by Crippen LogP contribution is -2.52. The van der Waals surface area contributed by atoms with Crippen molar-refractivity contribution in [2.24, 2.45) is 16.7 Å². The number of aliphatic carboxylic acids is 1. The van der Waals surface area contributed by atoms with Gasteiger partial charge in [-0.2, -0.15) is 0 Å². The van der Waals surface area contributed by atoms with Gasteiger partial charge in [0.05, 0.1) is 12.5 Å². The number of fused-ring (bicyclic) bond motifs is 1. The molecule has 1 heterocycles. The highest BCUT2D eigenvalue weighted by molar-refractivity contribution is 6.74. The summed E-state index contributed by atoms with van der Waals surface area (Å²) < 4.78 is 12.0. The van der Waals surface area contributed by atoms with Crippen molar-refractivity contribution in [3.05, 3.63) is 12.2 Å². The second-order valence-corrected chi connectivity index (χ2v) is 13.9. The molecule has 2 aliphatic rings. The Balaban J connectivity index is 2.52. The summed E-state index contributed by atoms with van der Waals surface area (Å²) in [6.45, 7) is 18.8. The highest BCUT2D eigenvalue weighted by atomic mass is 28.4. The third-order valence-corrected chi connectivity index (χ3v) is 11.2. The average Bonchev–Trinajstić information content (AvgIpc) is 2.73. The van der Waals surface area contributed by atoms with E-state index in [1.807, 2.05) is 13.8 Å². The summed E-state index contributed by atoms with van der Waals surface area (Å²) in [5, 5.41) is 9.32. The number of ether oxygens (including phenoxy) is 1. The summed E-state index contributed by atoms with van der Waals surface area (Å²) in [4.78, 5) is 24.0.